The molecule has 0 bridgehead atoms. The molecule has 0 aliphatic carbocycles. The summed E-state index contributed by atoms with van der Waals surface area (Å²) in [7, 11) is 0. The van der Waals surface area contributed by atoms with Crippen LogP contribution in [0.4, 0.5) is 14.7 Å². The number of nitriles is 1. The summed E-state index contributed by atoms with van der Waals surface area (Å²) in [6.07, 6.45) is 5.11. The normalized spacial score (nSPS) is 10.4. The molecular formula is C25H17F2N5O. The Hall–Kier alpha value is -4.69. The fraction of sp³-hybridized carbons (Fsp3) is 0.0800. The summed E-state index contributed by atoms with van der Waals surface area (Å²) in [4.78, 5) is 16.5. The topological polar surface area (TPSA) is 82.7 Å². The maximum absolute atomic E-state index is 14.9. The molecule has 6 nitrogen and oxygen atoms in total. The molecular weight excluding hydrogens is 424 g/mol. The number of halogens is 2. The second-order valence-electron chi connectivity index (χ2n) is 7.14. The van der Waals surface area contributed by atoms with Crippen LogP contribution in [0.1, 0.15) is 17.5 Å². The van der Waals surface area contributed by atoms with Crippen LogP contribution in [0.15, 0.2) is 60.7 Å². The maximum Gasteiger partial charge on any atom is 0.250 e. The fourth-order valence-corrected chi connectivity index (χ4v) is 3.41. The Bertz CT molecular complexity index is 1450. The van der Waals surface area contributed by atoms with E-state index in [1.54, 1.807) is 30.3 Å². The second kappa shape index (κ2) is 9.21. The van der Waals surface area contributed by atoms with E-state index in [1.807, 2.05) is 12.1 Å². The zero-order valence-electron chi connectivity index (χ0n) is 17.3. The average Bonchev–Trinajstić information content (AvgIpc) is 3.15. The number of carbonyl (C=O) groups is 1. The lowest BCUT2D eigenvalue weighted by atomic mass is 9.99. The number of aromatic nitrogens is 2. The van der Waals surface area contributed by atoms with Gasteiger partial charge in [0.2, 0.25) is 5.95 Å². The first-order valence-corrected chi connectivity index (χ1v) is 9.93. The maximum atomic E-state index is 14.9. The molecule has 1 aromatic heterocycles. The molecule has 0 aliphatic rings. The Morgan fingerprint density at radius 3 is 2.70 bits per heavy atom. The summed E-state index contributed by atoms with van der Waals surface area (Å²) in [6.45, 7) is 0.0783. The van der Waals surface area contributed by atoms with Crippen LogP contribution < -0.4 is 10.7 Å². The molecule has 3 aromatic carbocycles. The fourth-order valence-electron chi connectivity index (χ4n) is 3.41. The van der Waals surface area contributed by atoms with Crippen LogP contribution in [0.5, 0.6) is 0 Å². The van der Waals surface area contributed by atoms with Gasteiger partial charge < -0.3 is 5.32 Å². The molecule has 8 heteroatoms. The molecule has 2 N–H and O–H groups in total. The van der Waals surface area contributed by atoms with Crippen LogP contribution in [-0.2, 0) is 11.3 Å². The van der Waals surface area contributed by atoms with Crippen molar-refractivity contribution in [2.45, 2.75) is 13.0 Å². The van der Waals surface area contributed by atoms with Gasteiger partial charge in [-0.25, -0.2) is 18.4 Å². The van der Waals surface area contributed by atoms with E-state index < -0.39 is 11.6 Å². The molecule has 0 aliphatic heterocycles. The minimum Gasteiger partial charge on any atom is -0.350 e. The van der Waals surface area contributed by atoms with Gasteiger partial charge in [0.05, 0.1) is 29.1 Å². The van der Waals surface area contributed by atoms with Crippen LogP contribution in [-0.4, -0.2) is 15.6 Å². The number of fused-ring (bicyclic) bond motifs is 1. The van der Waals surface area contributed by atoms with E-state index in [0.717, 1.165) is 6.07 Å². The Labute approximate surface area is 188 Å². The first-order valence-electron chi connectivity index (χ1n) is 9.93. The van der Waals surface area contributed by atoms with Crippen molar-refractivity contribution in [3.8, 4) is 29.5 Å². The minimum atomic E-state index is -0.534. The molecule has 1 heterocycles. The third kappa shape index (κ3) is 4.51. The summed E-state index contributed by atoms with van der Waals surface area (Å²) in [5.74, 6) is 1.18. The summed E-state index contributed by atoms with van der Waals surface area (Å²) >= 11 is 0. The van der Waals surface area contributed by atoms with E-state index in [2.05, 4.69) is 21.6 Å². The molecule has 0 atom stereocenters. The first kappa shape index (κ1) is 21.5. The van der Waals surface area contributed by atoms with E-state index in [-0.39, 0.29) is 24.4 Å². The highest BCUT2D eigenvalue weighted by molar-refractivity contribution is 5.89. The van der Waals surface area contributed by atoms with Crippen LogP contribution in [0.3, 0.4) is 0 Å². The van der Waals surface area contributed by atoms with Crippen molar-refractivity contribution in [3.63, 3.8) is 0 Å². The van der Waals surface area contributed by atoms with Gasteiger partial charge in [0.25, 0.3) is 5.91 Å². The number of benzene rings is 3. The largest absolute Gasteiger partial charge is 0.350 e. The number of amides is 1. The highest BCUT2D eigenvalue weighted by Gasteiger charge is 2.14. The van der Waals surface area contributed by atoms with Crippen molar-refractivity contribution >= 4 is 22.9 Å². The van der Waals surface area contributed by atoms with Gasteiger partial charge in [-0.05, 0) is 41.5 Å². The van der Waals surface area contributed by atoms with Crippen molar-refractivity contribution < 1.29 is 13.6 Å². The van der Waals surface area contributed by atoms with Gasteiger partial charge in [-0.1, -0.05) is 36.3 Å². The average molecular weight is 441 g/mol. The molecule has 33 heavy (non-hydrogen) atoms. The van der Waals surface area contributed by atoms with Gasteiger partial charge in [0.15, 0.2) is 0 Å². The number of imidazole rings is 1. The number of carbonyl (C=O) groups excluding carboxylic acids is 1. The highest BCUT2D eigenvalue weighted by Crippen LogP contribution is 2.26. The van der Waals surface area contributed by atoms with E-state index >= 15 is 0 Å². The second-order valence-corrected chi connectivity index (χ2v) is 7.14. The molecule has 0 saturated heterocycles. The smallest absolute Gasteiger partial charge is 0.250 e. The number of para-hydroxylation sites is 2. The van der Waals surface area contributed by atoms with Crippen LogP contribution in [0.25, 0.3) is 22.2 Å². The summed E-state index contributed by atoms with van der Waals surface area (Å²) in [5.41, 5.74) is 5.34. The Morgan fingerprint density at radius 1 is 1.12 bits per heavy atom. The number of rotatable bonds is 6. The van der Waals surface area contributed by atoms with Gasteiger partial charge in [-0.2, -0.15) is 5.26 Å². The first-order chi connectivity index (χ1) is 16.0. The number of hydrogen-bond acceptors (Lipinski definition) is 4. The highest BCUT2D eigenvalue weighted by atomic mass is 19.1. The lowest BCUT2D eigenvalue weighted by Crippen LogP contribution is -2.24. The number of anilines is 1. The van der Waals surface area contributed by atoms with Gasteiger partial charge >= 0.3 is 0 Å². The SMILES string of the molecule is C#CCC(=O)Nn1c(NCc2ccc(-c3ccc(F)cc3C#N)cc2F)nc2ccccc21. The Kier molecular flexibility index (Phi) is 6.01. The molecule has 4 rings (SSSR count). The summed E-state index contributed by atoms with van der Waals surface area (Å²) < 4.78 is 29.7. The Morgan fingerprint density at radius 2 is 1.94 bits per heavy atom. The third-order valence-corrected chi connectivity index (χ3v) is 4.96. The van der Waals surface area contributed by atoms with E-state index in [1.165, 1.54) is 22.9 Å². The number of terminal acetylenes is 1. The van der Waals surface area contributed by atoms with Crippen molar-refractivity contribution in [2.75, 3.05) is 10.7 Å². The molecule has 0 spiro atoms. The Balaban J connectivity index is 1.60. The molecule has 1 amide bonds. The van der Waals surface area contributed by atoms with Gasteiger partial charge in [0, 0.05) is 12.1 Å². The quantitative estimate of drug-likeness (QED) is 0.430. The molecule has 162 valence electrons. The molecule has 0 unspecified atom stereocenters. The predicted molar refractivity (Wildman–Crippen MR) is 121 cm³/mol. The zero-order chi connectivity index (χ0) is 23.4. The molecule has 0 radical (unpaired) electrons. The van der Waals surface area contributed by atoms with Gasteiger partial charge in [-0.15, -0.1) is 6.42 Å². The van der Waals surface area contributed by atoms with E-state index in [9.17, 15) is 18.8 Å². The lowest BCUT2D eigenvalue weighted by Gasteiger charge is -2.12. The summed E-state index contributed by atoms with van der Waals surface area (Å²) in [6, 6.07) is 17.4. The van der Waals surface area contributed by atoms with E-state index in [0.29, 0.717) is 33.7 Å². The number of hydrogen-bond donors (Lipinski definition) is 2. The van der Waals surface area contributed by atoms with E-state index in [4.69, 9.17) is 6.42 Å². The van der Waals surface area contributed by atoms with Crippen LogP contribution >= 0.6 is 0 Å². The van der Waals surface area contributed by atoms with Gasteiger partial charge in [-0.3, -0.25) is 10.2 Å². The van der Waals surface area contributed by atoms with Crippen LogP contribution in [0, 0.1) is 35.3 Å². The van der Waals surface area contributed by atoms with Crippen molar-refractivity contribution in [1.29, 1.82) is 5.26 Å². The molecule has 0 saturated carbocycles. The van der Waals surface area contributed by atoms with Crippen molar-refractivity contribution in [1.82, 2.24) is 9.66 Å². The van der Waals surface area contributed by atoms with Gasteiger partial charge in [0.1, 0.15) is 11.6 Å². The molecule has 0 fully saturated rings. The monoisotopic (exact) mass is 441 g/mol. The zero-order valence-corrected chi connectivity index (χ0v) is 17.3. The molecule has 4 aromatic rings. The number of nitrogens with zero attached hydrogens (tertiary/aromatic N) is 3. The summed E-state index contributed by atoms with van der Waals surface area (Å²) in [5, 5.41) is 12.3. The van der Waals surface area contributed by atoms with Crippen molar-refractivity contribution in [2.24, 2.45) is 0 Å². The van der Waals surface area contributed by atoms with Crippen molar-refractivity contribution in [3.05, 3.63) is 83.4 Å². The predicted octanol–water partition coefficient (Wildman–Crippen LogP) is 4.56. The number of nitrogens with one attached hydrogen (secondary N) is 2. The lowest BCUT2D eigenvalue weighted by molar-refractivity contribution is -0.116. The minimum absolute atomic E-state index is 0.0783. The third-order valence-electron chi connectivity index (χ3n) is 4.96. The standard InChI is InChI=1S/C25H17F2N5O/c1-2-5-24(33)31-32-23-7-4-3-6-22(23)30-25(32)29-15-17-9-8-16(13-21(17)27)20-11-10-19(26)12-18(20)14-28/h1,3-4,6-13H,5,15H2,(H,29,30)(H,31,33). The van der Waals surface area contributed by atoms with Crippen LogP contribution in [0.2, 0.25) is 0 Å².